The first-order valence-electron chi connectivity index (χ1n) is 43.4. The van der Waals surface area contributed by atoms with Gasteiger partial charge in [-0.3, -0.25) is 4.98 Å². The van der Waals surface area contributed by atoms with E-state index in [-0.39, 0.29) is 49.6 Å². The van der Waals surface area contributed by atoms with Gasteiger partial charge in [-0.25, -0.2) is 24.9 Å². The predicted octanol–water partition coefficient (Wildman–Crippen LogP) is 21.4. The van der Waals surface area contributed by atoms with Crippen molar-refractivity contribution in [2.75, 3.05) is 109 Å². The molecular formula is C99H120N10O12. The van der Waals surface area contributed by atoms with E-state index in [9.17, 15) is 0 Å². The largest absolute Gasteiger partial charge is 0.491 e. The molecule has 0 amide bonds. The van der Waals surface area contributed by atoms with Crippen LogP contribution >= 0.6 is 0 Å². The van der Waals surface area contributed by atoms with Gasteiger partial charge in [0.2, 0.25) is 0 Å². The van der Waals surface area contributed by atoms with Crippen LogP contribution in [0.1, 0.15) is 130 Å². The van der Waals surface area contributed by atoms with E-state index in [4.69, 9.17) is 76.8 Å². The molecule has 638 valence electrons. The summed E-state index contributed by atoms with van der Waals surface area (Å²) >= 11 is 0. The molecule has 8 atom stereocenters. The summed E-state index contributed by atoms with van der Waals surface area (Å²) in [5, 5.41) is 13.4. The minimum atomic E-state index is -0.0951. The van der Waals surface area contributed by atoms with Crippen molar-refractivity contribution in [3.8, 4) is 68.2 Å². The number of fused-ring (bicyclic) bond motifs is 4. The number of hydrogen-bond donors (Lipinski definition) is 3. The normalized spacial score (nSPS) is 17.6. The average molecular weight is 1640 g/mol. The Morgan fingerprint density at radius 2 is 0.661 bits per heavy atom. The number of anilines is 4. The van der Waals surface area contributed by atoms with Gasteiger partial charge in [-0.1, -0.05) is 76.2 Å². The molecule has 12 aromatic rings. The van der Waals surface area contributed by atoms with E-state index in [0.29, 0.717) is 26.4 Å². The van der Waals surface area contributed by atoms with Crippen LogP contribution in [0, 0.1) is 0 Å². The Balaban J connectivity index is 0.000000139. The van der Waals surface area contributed by atoms with Crippen LogP contribution in [0.2, 0.25) is 0 Å². The summed E-state index contributed by atoms with van der Waals surface area (Å²) in [5.74, 6) is 4.15. The smallest absolute Gasteiger partial charge is 0.158 e. The van der Waals surface area contributed by atoms with E-state index in [1.54, 1.807) is 0 Å². The van der Waals surface area contributed by atoms with Gasteiger partial charge in [0.15, 0.2) is 25.2 Å². The van der Waals surface area contributed by atoms with Gasteiger partial charge in [0, 0.05) is 117 Å². The minimum Gasteiger partial charge on any atom is -0.491 e. The Labute approximate surface area is 713 Å². The van der Waals surface area contributed by atoms with Crippen LogP contribution in [0.5, 0.6) is 23.0 Å². The first-order valence-corrected chi connectivity index (χ1v) is 43.4. The topological polar surface area (TPSA) is 227 Å². The maximum absolute atomic E-state index is 6.08. The number of nitrogens with one attached hydrogen (secondary N) is 3. The van der Waals surface area contributed by atoms with Crippen molar-refractivity contribution < 1.29 is 56.8 Å². The van der Waals surface area contributed by atoms with Gasteiger partial charge in [0.1, 0.15) is 55.2 Å². The Hall–Kier alpha value is -10.7. The third-order valence-corrected chi connectivity index (χ3v) is 21.9. The lowest BCUT2D eigenvalue weighted by Crippen LogP contribution is -2.31. The lowest BCUT2D eigenvalue weighted by Gasteiger charge is -2.27. The molecule has 6 aromatic carbocycles. The van der Waals surface area contributed by atoms with Gasteiger partial charge < -0.3 is 77.7 Å². The second kappa shape index (κ2) is 45.8. The molecule has 0 radical (unpaired) electrons. The highest BCUT2D eigenvalue weighted by atomic mass is 16.7. The molecule has 4 aliphatic rings. The molecule has 0 aliphatic carbocycles. The van der Waals surface area contributed by atoms with Crippen molar-refractivity contribution in [2.24, 2.45) is 0 Å². The Bertz CT molecular complexity index is 4750. The number of rotatable bonds is 32. The van der Waals surface area contributed by atoms with Crippen LogP contribution in [0.3, 0.4) is 0 Å². The van der Waals surface area contributed by atoms with E-state index in [0.717, 1.165) is 245 Å². The molecule has 0 spiro atoms. The van der Waals surface area contributed by atoms with E-state index < -0.39 is 0 Å². The second-order valence-electron chi connectivity index (χ2n) is 30.9. The molecule has 4 aliphatic heterocycles. The van der Waals surface area contributed by atoms with Crippen molar-refractivity contribution >= 4 is 66.5 Å². The van der Waals surface area contributed by atoms with E-state index in [1.165, 1.54) is 18.5 Å². The number of hydrogen-bond acceptors (Lipinski definition) is 22. The van der Waals surface area contributed by atoms with Gasteiger partial charge in [-0.05, 0) is 248 Å². The Kier molecular flexibility index (Phi) is 33.4. The molecule has 4 saturated heterocycles. The summed E-state index contributed by atoms with van der Waals surface area (Å²) in [6, 6.07) is 65.2. The maximum atomic E-state index is 6.08. The molecule has 10 heterocycles. The SMILES string of the molecule is CC[C@H](COc1ccc2nc(-c3ccc(N(C)C)cc3)ccc2c1)OC1CCCCO1.CC[C@H](COc1ccc2nc(-c3ccc(NC)cc3)ccc2c1)OC1CCCCO1.CC[C@H](COc1ccc2nc(-c3ccc(NC)cn3)ccc2c1)OC1CCCCO1.CC[C@H](COc1ccc2nc(-c3ccc(NC)nc3)ccc2c1)OC1CCCCO1. The fraction of sp³-hybridized carbons (Fsp3) is 0.414. The average Bonchev–Trinajstić information content (AvgIpc) is 0.824. The third-order valence-electron chi connectivity index (χ3n) is 21.9. The van der Waals surface area contributed by atoms with Crippen molar-refractivity contribution in [1.82, 2.24) is 29.9 Å². The molecule has 16 rings (SSSR count). The molecule has 22 nitrogen and oxygen atoms in total. The van der Waals surface area contributed by atoms with Gasteiger partial charge in [0.25, 0.3) is 0 Å². The molecule has 6 aromatic heterocycles. The Morgan fingerprint density at radius 3 is 0.967 bits per heavy atom. The van der Waals surface area contributed by atoms with E-state index in [2.05, 4.69) is 143 Å². The zero-order chi connectivity index (χ0) is 83.9. The fourth-order valence-corrected chi connectivity index (χ4v) is 14.4. The highest BCUT2D eigenvalue weighted by Gasteiger charge is 2.25. The van der Waals surface area contributed by atoms with Crippen LogP contribution in [0.25, 0.3) is 88.8 Å². The predicted molar refractivity (Wildman–Crippen MR) is 484 cm³/mol. The lowest BCUT2D eigenvalue weighted by molar-refractivity contribution is -0.193. The summed E-state index contributed by atoms with van der Waals surface area (Å²) in [6.07, 6.45) is 20.0. The standard InChI is InChI=1S/C26H32N2O3.C25H30N2O3.2C24H29N3O3/c1-4-22(31-26-7-5-6-16-29-26)18-30-23-13-15-25-20(17-23)10-14-24(27-25)19-8-11-21(12-9-19)28(2)3;1-3-21(30-25-6-4-5-15-28-25)17-29-22-12-14-24-19(16-22)9-13-23(27-24)18-7-10-20(26-2)11-8-18;1-3-19(30-24-6-4-5-13-28-24)16-29-20-9-11-21-17(14-20)7-10-22(27-21)18-8-12-23(25-2)26-15-18;1-3-19(30-24-6-4-5-13-28-24)16-29-20-9-12-21-17(14-20)7-10-23(27-21)22-11-8-18(25-2)15-26-22/h8-15,17,22,26H,4-7,16,18H2,1-3H3;7-14,16,21,25-26H,3-6,15,17H2,1-2H3;7-12,14-15,19,24H,3-6,13,16H2,1-2H3,(H,25,26);7-12,14-15,19,24-25H,3-6,13,16H2,1-2H3/t22-,26?;21-,25?;2*19-,24?/m1111/s1. The van der Waals surface area contributed by atoms with Crippen LogP contribution in [0.15, 0.2) is 207 Å². The van der Waals surface area contributed by atoms with Gasteiger partial charge >= 0.3 is 0 Å². The maximum Gasteiger partial charge on any atom is 0.158 e. The van der Waals surface area contributed by atoms with E-state index >= 15 is 0 Å². The quantitative estimate of drug-likeness (QED) is 0.0356. The van der Waals surface area contributed by atoms with Crippen molar-refractivity contribution in [3.05, 3.63) is 207 Å². The minimum absolute atomic E-state index is 0.0240. The van der Waals surface area contributed by atoms with Crippen LogP contribution in [-0.4, -0.2) is 168 Å². The first-order chi connectivity index (χ1) is 59.4. The summed E-state index contributed by atoms with van der Waals surface area (Å²) in [6.45, 7) is 13.7. The van der Waals surface area contributed by atoms with E-state index in [1.807, 2.05) is 157 Å². The molecule has 0 bridgehead atoms. The molecule has 0 saturated carbocycles. The second-order valence-corrected chi connectivity index (χ2v) is 30.9. The van der Waals surface area contributed by atoms with Crippen molar-refractivity contribution in [2.45, 2.75) is 180 Å². The molecule has 121 heavy (non-hydrogen) atoms. The zero-order valence-electron chi connectivity index (χ0n) is 71.7. The first kappa shape index (κ1) is 88.1. The fourth-order valence-electron chi connectivity index (χ4n) is 14.4. The Morgan fingerprint density at radius 1 is 0.331 bits per heavy atom. The summed E-state index contributed by atoms with van der Waals surface area (Å²) in [5.41, 5.74) is 14.7. The lowest BCUT2D eigenvalue weighted by atomic mass is 10.1. The summed E-state index contributed by atoms with van der Waals surface area (Å²) < 4.78 is 71.1. The van der Waals surface area contributed by atoms with Gasteiger partial charge in [0.05, 0.1) is 86.8 Å². The van der Waals surface area contributed by atoms with Crippen molar-refractivity contribution in [1.29, 1.82) is 0 Å². The third kappa shape index (κ3) is 26.2. The molecule has 22 heteroatoms. The van der Waals surface area contributed by atoms with Gasteiger partial charge in [-0.2, -0.15) is 0 Å². The number of benzene rings is 6. The van der Waals surface area contributed by atoms with Crippen molar-refractivity contribution in [3.63, 3.8) is 0 Å². The van der Waals surface area contributed by atoms with Gasteiger partial charge in [-0.15, -0.1) is 0 Å². The van der Waals surface area contributed by atoms with Crippen LogP contribution < -0.4 is 39.8 Å². The molecule has 4 fully saturated rings. The zero-order valence-corrected chi connectivity index (χ0v) is 71.7. The number of aromatic nitrogens is 6. The molecule has 3 N–H and O–H groups in total. The highest BCUT2D eigenvalue weighted by Crippen LogP contribution is 2.33. The molecule has 4 unspecified atom stereocenters. The number of pyridine rings is 6. The van der Waals surface area contributed by atoms with Crippen LogP contribution in [0.4, 0.5) is 22.9 Å². The van der Waals surface area contributed by atoms with Crippen LogP contribution in [-0.2, 0) is 37.9 Å². The number of nitrogens with zero attached hydrogens (tertiary/aromatic N) is 7. The monoisotopic (exact) mass is 1640 g/mol. The summed E-state index contributed by atoms with van der Waals surface area (Å²) in [7, 11) is 9.74. The summed E-state index contributed by atoms with van der Waals surface area (Å²) in [4.78, 5) is 30.1. The highest BCUT2D eigenvalue weighted by molar-refractivity contribution is 5.86. The number of ether oxygens (including phenoxy) is 12. The molecular weight excluding hydrogens is 1520 g/mol.